The van der Waals surface area contributed by atoms with E-state index in [1.807, 2.05) is 38.3 Å². The molecule has 0 spiro atoms. The molecule has 31 heavy (non-hydrogen) atoms. The van der Waals surface area contributed by atoms with Gasteiger partial charge < -0.3 is 15.4 Å². The topological polar surface area (TPSA) is 93.2 Å². The molecule has 2 N–H and O–H groups in total. The summed E-state index contributed by atoms with van der Waals surface area (Å²) in [7, 11) is 0. The second kappa shape index (κ2) is 10.3. The zero-order valence-electron chi connectivity index (χ0n) is 18.1. The average Bonchev–Trinajstić information content (AvgIpc) is 3.14. The molecule has 9 heteroatoms. The monoisotopic (exact) mass is 462 g/mol. The number of fused-ring (bicyclic) bond motifs is 1. The fourth-order valence-electron chi connectivity index (χ4n) is 3.54. The number of thioether (sulfide) groups is 1. The minimum absolute atomic E-state index is 0.208. The van der Waals surface area contributed by atoms with Gasteiger partial charge in [0.1, 0.15) is 17.9 Å². The zero-order valence-corrected chi connectivity index (χ0v) is 19.6. The number of nitrogens with one attached hydrogen (secondary N) is 2. The minimum atomic E-state index is -0.556. The maximum atomic E-state index is 12.6. The number of aromatic nitrogens is 2. The van der Waals surface area contributed by atoms with Crippen molar-refractivity contribution in [3.63, 3.8) is 0 Å². The Bertz CT molecular complexity index is 970. The van der Waals surface area contributed by atoms with E-state index >= 15 is 0 Å². The van der Waals surface area contributed by atoms with Gasteiger partial charge in [0, 0.05) is 30.7 Å². The molecule has 1 aromatic heterocycles. The fraction of sp³-hybridized carbons (Fsp3) is 0.455. The van der Waals surface area contributed by atoms with Crippen LogP contribution in [0.3, 0.4) is 0 Å². The number of nitrogens with zero attached hydrogens (tertiary/aromatic N) is 2. The van der Waals surface area contributed by atoms with Gasteiger partial charge in [-0.25, -0.2) is 9.97 Å². The molecule has 3 rings (SSSR count). The van der Waals surface area contributed by atoms with Crippen LogP contribution in [0.4, 0.5) is 0 Å². The summed E-state index contributed by atoms with van der Waals surface area (Å²) < 4.78 is 5.99. The van der Waals surface area contributed by atoms with Gasteiger partial charge in [-0.15, -0.1) is 0 Å². The molecule has 0 saturated heterocycles. The van der Waals surface area contributed by atoms with Gasteiger partial charge in [0.25, 0.3) is 0 Å². The molecule has 1 aliphatic heterocycles. The summed E-state index contributed by atoms with van der Waals surface area (Å²) in [6, 6.07) is 5.15. The van der Waals surface area contributed by atoms with Crippen LogP contribution in [0.15, 0.2) is 29.6 Å². The summed E-state index contributed by atoms with van der Waals surface area (Å²) in [4.78, 5) is 32.8. The number of amides is 2. The number of hydrogen-bond acceptors (Lipinski definition) is 6. The van der Waals surface area contributed by atoms with Gasteiger partial charge in [0.05, 0.1) is 17.3 Å². The third kappa shape index (κ3) is 6.11. The van der Waals surface area contributed by atoms with E-state index in [-0.39, 0.29) is 23.8 Å². The Kier molecular flexibility index (Phi) is 7.78. The van der Waals surface area contributed by atoms with Gasteiger partial charge in [-0.1, -0.05) is 37.2 Å². The molecule has 1 aliphatic rings. The van der Waals surface area contributed by atoms with Crippen LogP contribution in [-0.2, 0) is 16.0 Å². The Morgan fingerprint density at radius 1 is 1.35 bits per heavy atom. The van der Waals surface area contributed by atoms with Crippen molar-refractivity contribution in [2.75, 3.05) is 12.8 Å². The summed E-state index contributed by atoms with van der Waals surface area (Å²) in [6.07, 6.45) is 4.63. The van der Waals surface area contributed by atoms with Crippen LogP contribution >= 0.6 is 23.4 Å². The third-order valence-electron chi connectivity index (χ3n) is 4.87. The predicted molar refractivity (Wildman–Crippen MR) is 122 cm³/mol. The van der Waals surface area contributed by atoms with Crippen molar-refractivity contribution >= 4 is 35.2 Å². The van der Waals surface area contributed by atoms with Crippen LogP contribution in [0.5, 0.6) is 5.75 Å². The van der Waals surface area contributed by atoms with Gasteiger partial charge >= 0.3 is 0 Å². The maximum Gasteiger partial charge on any atom is 0.242 e. The van der Waals surface area contributed by atoms with Gasteiger partial charge in [-0.2, -0.15) is 0 Å². The molecule has 7 nitrogen and oxygen atoms in total. The number of benzene rings is 1. The Labute approximate surface area is 191 Å². The Hall–Kier alpha value is -2.32. The fourth-order valence-corrected chi connectivity index (χ4v) is 4.17. The van der Waals surface area contributed by atoms with Gasteiger partial charge in [0.15, 0.2) is 5.16 Å². The van der Waals surface area contributed by atoms with E-state index < -0.39 is 6.04 Å². The molecule has 2 aromatic rings. The first-order chi connectivity index (χ1) is 14.8. The lowest BCUT2D eigenvalue weighted by molar-refractivity contribution is -0.128. The van der Waals surface area contributed by atoms with E-state index in [2.05, 4.69) is 20.6 Å². The van der Waals surface area contributed by atoms with Crippen LogP contribution in [0, 0.1) is 5.92 Å². The predicted octanol–water partition coefficient (Wildman–Crippen LogP) is 3.49. The Morgan fingerprint density at radius 2 is 2.13 bits per heavy atom. The van der Waals surface area contributed by atoms with E-state index in [1.54, 1.807) is 6.20 Å². The normalized spacial score (nSPS) is 15.9. The van der Waals surface area contributed by atoms with Crippen molar-refractivity contribution in [1.82, 2.24) is 20.6 Å². The van der Waals surface area contributed by atoms with Gasteiger partial charge in [0.2, 0.25) is 11.8 Å². The first-order valence-corrected chi connectivity index (χ1v) is 11.8. The number of ether oxygens (including phenoxy) is 1. The van der Waals surface area contributed by atoms with E-state index in [0.29, 0.717) is 35.3 Å². The van der Waals surface area contributed by atoms with Crippen LogP contribution < -0.4 is 15.4 Å². The lowest BCUT2D eigenvalue weighted by Gasteiger charge is -2.20. The number of halogens is 1. The number of carbonyl (C=O) groups is 2. The molecule has 2 atom stereocenters. The van der Waals surface area contributed by atoms with E-state index in [4.69, 9.17) is 16.3 Å². The highest BCUT2D eigenvalue weighted by atomic mass is 35.5. The number of rotatable bonds is 8. The largest absolute Gasteiger partial charge is 0.486 e. The second-order valence-corrected chi connectivity index (χ2v) is 9.13. The minimum Gasteiger partial charge on any atom is -0.486 e. The van der Waals surface area contributed by atoms with E-state index in [1.165, 1.54) is 18.7 Å². The summed E-state index contributed by atoms with van der Waals surface area (Å²) in [5.41, 5.74) is 2.68. The molecule has 1 unspecified atom stereocenters. The van der Waals surface area contributed by atoms with Crippen molar-refractivity contribution in [3.8, 4) is 17.0 Å². The second-order valence-electron chi connectivity index (χ2n) is 7.95. The van der Waals surface area contributed by atoms with Crippen LogP contribution in [0.2, 0.25) is 5.02 Å². The molecule has 0 saturated carbocycles. The molecule has 166 valence electrons. The first kappa shape index (κ1) is 23.3. The van der Waals surface area contributed by atoms with Crippen molar-refractivity contribution < 1.29 is 14.3 Å². The smallest absolute Gasteiger partial charge is 0.242 e. The molecule has 2 heterocycles. The van der Waals surface area contributed by atoms with Crippen LogP contribution in [0.1, 0.15) is 32.8 Å². The quantitative estimate of drug-likeness (QED) is 0.460. The van der Waals surface area contributed by atoms with Crippen molar-refractivity contribution in [3.05, 3.63) is 35.0 Å². The average molecular weight is 463 g/mol. The van der Waals surface area contributed by atoms with E-state index in [0.717, 1.165) is 16.8 Å². The van der Waals surface area contributed by atoms with Crippen molar-refractivity contribution in [2.24, 2.45) is 5.92 Å². The Balaban J connectivity index is 1.67. The summed E-state index contributed by atoms with van der Waals surface area (Å²) in [5, 5.41) is 6.84. The van der Waals surface area contributed by atoms with Crippen molar-refractivity contribution in [1.29, 1.82) is 0 Å². The maximum absolute atomic E-state index is 12.6. The highest BCUT2D eigenvalue weighted by Crippen LogP contribution is 2.39. The summed E-state index contributed by atoms with van der Waals surface area (Å²) in [6.45, 7) is 5.77. The Morgan fingerprint density at radius 3 is 2.81 bits per heavy atom. The highest BCUT2D eigenvalue weighted by molar-refractivity contribution is 7.98. The lowest BCUT2D eigenvalue weighted by atomic mass is 10.0. The van der Waals surface area contributed by atoms with E-state index in [9.17, 15) is 9.59 Å². The molecule has 2 amide bonds. The number of hydrogen-bond donors (Lipinski definition) is 2. The zero-order chi connectivity index (χ0) is 22.5. The standard InChI is InChI=1S/C22H27ClN4O3S/c1-12(2)7-19(26-13(3)28)21(29)25-11-16-9-15-8-14(10-17(23)20(15)30-16)18-5-6-24-22(27-18)31-4/h5-6,8,10,12,16,19H,7,9,11H2,1-4H3,(H,25,29)(H,26,28)/t16?,19-/m0/s1. The van der Waals surface area contributed by atoms with Crippen LogP contribution in [-0.4, -0.2) is 46.7 Å². The molecular weight excluding hydrogens is 436 g/mol. The molecule has 0 bridgehead atoms. The third-order valence-corrected chi connectivity index (χ3v) is 5.71. The molecular formula is C22H27ClN4O3S. The molecule has 0 radical (unpaired) electrons. The summed E-state index contributed by atoms with van der Waals surface area (Å²) in [5.74, 6) is 0.490. The first-order valence-electron chi connectivity index (χ1n) is 10.2. The van der Waals surface area contributed by atoms with Gasteiger partial charge in [-0.05, 0) is 36.8 Å². The van der Waals surface area contributed by atoms with Crippen LogP contribution in [0.25, 0.3) is 11.3 Å². The summed E-state index contributed by atoms with van der Waals surface area (Å²) >= 11 is 7.96. The molecule has 0 aliphatic carbocycles. The number of carbonyl (C=O) groups excluding carboxylic acids is 2. The lowest BCUT2D eigenvalue weighted by Crippen LogP contribution is -2.48. The highest BCUT2D eigenvalue weighted by Gasteiger charge is 2.28. The van der Waals surface area contributed by atoms with Gasteiger partial charge in [-0.3, -0.25) is 9.59 Å². The molecule has 1 aromatic carbocycles. The molecule has 0 fully saturated rings. The van der Waals surface area contributed by atoms with Crippen molar-refractivity contribution in [2.45, 2.75) is 50.9 Å². The SMILES string of the molecule is CSc1nccc(-c2cc(Cl)c3c(c2)CC(CNC(=O)[C@H](CC(C)C)NC(C)=O)O3)n1.